The van der Waals surface area contributed by atoms with Gasteiger partial charge in [-0.3, -0.25) is 4.79 Å². The molecule has 8 nitrogen and oxygen atoms in total. The molecule has 0 aliphatic carbocycles. The summed E-state index contributed by atoms with van der Waals surface area (Å²) in [4.78, 5) is 35.1. The van der Waals surface area contributed by atoms with Crippen LogP contribution < -0.4 is 5.32 Å². The highest BCUT2D eigenvalue weighted by Crippen LogP contribution is 2.11. The topological polar surface area (TPSA) is 108 Å². The number of hydrogen-bond donors (Lipinski definition) is 1. The van der Waals surface area contributed by atoms with E-state index in [-0.39, 0.29) is 11.9 Å². The summed E-state index contributed by atoms with van der Waals surface area (Å²) in [7, 11) is 0. The van der Waals surface area contributed by atoms with Gasteiger partial charge in [-0.05, 0) is 45.0 Å². The van der Waals surface area contributed by atoms with Crippen molar-refractivity contribution < 1.29 is 28.4 Å². The van der Waals surface area contributed by atoms with Gasteiger partial charge >= 0.3 is 11.9 Å². The lowest BCUT2D eigenvalue weighted by molar-refractivity contribution is -0.119. The van der Waals surface area contributed by atoms with Gasteiger partial charge in [0.2, 0.25) is 5.76 Å². The molecule has 0 radical (unpaired) electrons. The first kappa shape index (κ1) is 18.2. The monoisotopic (exact) mass is 346 g/mol. The maximum Gasteiger partial charge on any atom is 0.377 e. The van der Waals surface area contributed by atoms with E-state index in [1.807, 2.05) is 0 Å². The summed E-state index contributed by atoms with van der Waals surface area (Å²) in [6.45, 7) is 4.70. The van der Waals surface area contributed by atoms with Crippen molar-refractivity contribution in [2.75, 3.05) is 11.9 Å². The second kappa shape index (κ2) is 8.09. The highest BCUT2D eigenvalue weighted by Gasteiger charge is 2.15. The summed E-state index contributed by atoms with van der Waals surface area (Å²) in [5.74, 6) is -1.81. The molecule has 0 saturated carbocycles. The van der Waals surface area contributed by atoms with Crippen LogP contribution in [0.15, 0.2) is 34.9 Å². The number of hydrogen-bond acceptors (Lipinski definition) is 7. The van der Waals surface area contributed by atoms with Crippen LogP contribution in [0.3, 0.4) is 0 Å². The van der Waals surface area contributed by atoms with E-state index in [0.29, 0.717) is 16.9 Å². The zero-order valence-electron chi connectivity index (χ0n) is 14.1. The standard InChI is InChI=1S/C17H18N2O6/c1-10(2)24-16(21)12-4-6-13(7-5-12)18-15(20)9-23-17(22)14-8-11(3)19-25-14/h4-8,10H,9H2,1-3H3,(H,18,20). The minimum absolute atomic E-state index is 0.0710. The Labute approximate surface area is 144 Å². The van der Waals surface area contributed by atoms with E-state index in [1.54, 1.807) is 32.9 Å². The van der Waals surface area contributed by atoms with Crippen molar-refractivity contribution in [3.8, 4) is 0 Å². The molecule has 0 bridgehead atoms. The van der Waals surface area contributed by atoms with Gasteiger partial charge in [0.05, 0.1) is 17.4 Å². The van der Waals surface area contributed by atoms with Crippen LogP contribution in [0.1, 0.15) is 40.5 Å². The fraction of sp³-hybridized carbons (Fsp3) is 0.294. The Morgan fingerprint density at radius 3 is 2.40 bits per heavy atom. The molecular formula is C17H18N2O6. The smallest absolute Gasteiger partial charge is 0.377 e. The van der Waals surface area contributed by atoms with Crippen LogP contribution in [0, 0.1) is 6.92 Å². The number of ether oxygens (including phenoxy) is 2. The maximum atomic E-state index is 11.8. The lowest BCUT2D eigenvalue weighted by atomic mass is 10.2. The van der Waals surface area contributed by atoms with Gasteiger partial charge in [-0.15, -0.1) is 0 Å². The first-order valence-electron chi connectivity index (χ1n) is 7.56. The maximum absolute atomic E-state index is 11.8. The molecule has 25 heavy (non-hydrogen) atoms. The number of aromatic nitrogens is 1. The Morgan fingerprint density at radius 2 is 1.84 bits per heavy atom. The number of amides is 1. The first-order chi connectivity index (χ1) is 11.8. The fourth-order valence-electron chi connectivity index (χ4n) is 1.83. The summed E-state index contributed by atoms with van der Waals surface area (Å²) >= 11 is 0. The largest absolute Gasteiger partial charge is 0.459 e. The molecule has 0 aliphatic rings. The summed E-state index contributed by atoms with van der Waals surface area (Å²) in [6, 6.07) is 7.58. The van der Waals surface area contributed by atoms with Crippen LogP contribution in [0.2, 0.25) is 0 Å². The zero-order valence-corrected chi connectivity index (χ0v) is 14.1. The van der Waals surface area contributed by atoms with E-state index in [9.17, 15) is 14.4 Å². The SMILES string of the molecule is Cc1cc(C(=O)OCC(=O)Nc2ccc(C(=O)OC(C)C)cc2)on1. The molecule has 132 valence electrons. The molecule has 0 fully saturated rings. The molecule has 1 amide bonds. The van der Waals surface area contributed by atoms with Crippen LogP contribution in [0.4, 0.5) is 5.69 Å². The second-order valence-electron chi connectivity index (χ2n) is 5.49. The molecule has 2 aromatic rings. The number of benzene rings is 1. The second-order valence-corrected chi connectivity index (χ2v) is 5.49. The van der Waals surface area contributed by atoms with Gasteiger partial charge in [-0.25, -0.2) is 9.59 Å². The Bertz CT molecular complexity index is 764. The van der Waals surface area contributed by atoms with Crippen LogP contribution in [0.5, 0.6) is 0 Å². The molecule has 2 rings (SSSR count). The van der Waals surface area contributed by atoms with Crippen LogP contribution >= 0.6 is 0 Å². The number of carbonyl (C=O) groups is 3. The Kier molecular flexibility index (Phi) is 5.89. The van der Waals surface area contributed by atoms with Crippen molar-refractivity contribution in [1.29, 1.82) is 0 Å². The lowest BCUT2D eigenvalue weighted by Gasteiger charge is -2.09. The van der Waals surface area contributed by atoms with Crippen molar-refractivity contribution in [2.45, 2.75) is 26.9 Å². The highest BCUT2D eigenvalue weighted by molar-refractivity contribution is 5.95. The van der Waals surface area contributed by atoms with Crippen molar-refractivity contribution >= 4 is 23.5 Å². The van der Waals surface area contributed by atoms with Gasteiger partial charge in [-0.2, -0.15) is 0 Å². The molecule has 8 heteroatoms. The average Bonchev–Trinajstić information content (AvgIpc) is 2.99. The molecule has 1 aromatic carbocycles. The first-order valence-corrected chi connectivity index (χ1v) is 7.56. The average molecular weight is 346 g/mol. The van der Waals surface area contributed by atoms with Crippen LogP contribution in [0.25, 0.3) is 0 Å². The number of anilines is 1. The third kappa shape index (κ3) is 5.45. The Morgan fingerprint density at radius 1 is 1.16 bits per heavy atom. The number of nitrogens with zero attached hydrogens (tertiary/aromatic N) is 1. The minimum atomic E-state index is -0.775. The number of nitrogens with one attached hydrogen (secondary N) is 1. The molecule has 0 atom stereocenters. The van der Waals surface area contributed by atoms with Gasteiger partial charge < -0.3 is 19.3 Å². The zero-order chi connectivity index (χ0) is 18.4. The molecular weight excluding hydrogens is 328 g/mol. The molecule has 1 heterocycles. The summed E-state index contributed by atoms with van der Waals surface area (Å²) < 4.78 is 14.6. The van der Waals surface area contributed by atoms with Gasteiger partial charge in [0.15, 0.2) is 6.61 Å². The van der Waals surface area contributed by atoms with Crippen molar-refractivity contribution in [3.63, 3.8) is 0 Å². The Balaban J connectivity index is 1.84. The summed E-state index contributed by atoms with van der Waals surface area (Å²) in [5, 5.41) is 6.10. The van der Waals surface area contributed by atoms with Gasteiger partial charge in [0.25, 0.3) is 5.91 Å². The van der Waals surface area contributed by atoms with E-state index < -0.39 is 24.5 Å². The lowest BCUT2D eigenvalue weighted by Crippen LogP contribution is -2.20. The van der Waals surface area contributed by atoms with E-state index in [4.69, 9.17) is 14.0 Å². The number of carbonyl (C=O) groups excluding carboxylic acids is 3. The third-order valence-electron chi connectivity index (χ3n) is 2.91. The molecule has 1 aromatic heterocycles. The van der Waals surface area contributed by atoms with E-state index in [1.165, 1.54) is 18.2 Å². The summed E-state index contributed by atoms with van der Waals surface area (Å²) in [6.07, 6.45) is -0.213. The predicted octanol–water partition coefficient (Wildman–Crippen LogP) is 2.34. The number of rotatable bonds is 6. The third-order valence-corrected chi connectivity index (χ3v) is 2.91. The normalized spacial score (nSPS) is 10.4. The highest BCUT2D eigenvalue weighted by atomic mass is 16.6. The number of esters is 2. The quantitative estimate of drug-likeness (QED) is 0.800. The van der Waals surface area contributed by atoms with Crippen molar-refractivity contribution in [1.82, 2.24) is 5.16 Å². The molecule has 0 unspecified atom stereocenters. The van der Waals surface area contributed by atoms with Crippen molar-refractivity contribution in [3.05, 3.63) is 47.3 Å². The van der Waals surface area contributed by atoms with Crippen LogP contribution in [-0.4, -0.2) is 35.7 Å². The van der Waals surface area contributed by atoms with Crippen LogP contribution in [-0.2, 0) is 14.3 Å². The number of aryl methyl sites for hydroxylation is 1. The molecule has 0 aliphatic heterocycles. The molecule has 1 N–H and O–H groups in total. The van der Waals surface area contributed by atoms with E-state index >= 15 is 0 Å². The predicted molar refractivity (Wildman–Crippen MR) is 87.1 cm³/mol. The fourth-order valence-corrected chi connectivity index (χ4v) is 1.83. The van der Waals surface area contributed by atoms with Crippen molar-refractivity contribution in [2.24, 2.45) is 0 Å². The molecule has 0 saturated heterocycles. The van der Waals surface area contributed by atoms with E-state index in [0.717, 1.165) is 0 Å². The van der Waals surface area contributed by atoms with Gasteiger partial charge in [0, 0.05) is 11.8 Å². The Hall–Kier alpha value is -3.16. The van der Waals surface area contributed by atoms with Gasteiger partial charge in [-0.1, -0.05) is 5.16 Å². The van der Waals surface area contributed by atoms with Gasteiger partial charge in [0.1, 0.15) is 0 Å². The summed E-state index contributed by atoms with van der Waals surface area (Å²) in [5.41, 5.74) is 1.36. The minimum Gasteiger partial charge on any atom is -0.459 e. The molecule has 0 spiro atoms. The van der Waals surface area contributed by atoms with E-state index in [2.05, 4.69) is 10.5 Å².